The van der Waals surface area contributed by atoms with Crippen LogP contribution in [0.1, 0.15) is 57.1 Å². The predicted octanol–water partition coefficient (Wildman–Crippen LogP) is 3.09. The fourth-order valence-corrected chi connectivity index (χ4v) is 3.38. The lowest BCUT2D eigenvalue weighted by Crippen LogP contribution is -2.35. The van der Waals surface area contributed by atoms with Crippen LogP contribution in [0.15, 0.2) is 24.3 Å². The molecular formula is C20H32N2O2. The molecule has 2 N–H and O–H groups in total. The Labute approximate surface area is 146 Å². The fourth-order valence-electron chi connectivity index (χ4n) is 3.38. The number of nitrogens with one attached hydrogen (secondary N) is 1. The third kappa shape index (κ3) is 6.25. The lowest BCUT2D eigenvalue weighted by atomic mass is 10.0. The van der Waals surface area contributed by atoms with Gasteiger partial charge >= 0.3 is 0 Å². The second kappa shape index (κ2) is 9.80. The number of likely N-dealkylation sites (tertiary alicyclic amines) is 1. The highest BCUT2D eigenvalue weighted by atomic mass is 16.3. The van der Waals surface area contributed by atoms with Gasteiger partial charge in [0, 0.05) is 32.6 Å². The molecule has 1 fully saturated rings. The van der Waals surface area contributed by atoms with E-state index in [2.05, 4.69) is 42.3 Å². The molecule has 1 aliphatic heterocycles. The van der Waals surface area contributed by atoms with Crippen LogP contribution in [-0.4, -0.2) is 35.1 Å². The van der Waals surface area contributed by atoms with Crippen LogP contribution in [0.5, 0.6) is 0 Å². The molecule has 0 saturated carbocycles. The van der Waals surface area contributed by atoms with Gasteiger partial charge in [0.2, 0.25) is 5.91 Å². The zero-order valence-corrected chi connectivity index (χ0v) is 15.1. The molecule has 1 unspecified atom stereocenters. The highest BCUT2D eigenvalue weighted by molar-refractivity contribution is 5.76. The molecule has 0 bridgehead atoms. The van der Waals surface area contributed by atoms with Crippen LogP contribution in [0.25, 0.3) is 0 Å². The first-order chi connectivity index (χ1) is 11.6. The maximum absolute atomic E-state index is 12.1. The molecule has 1 amide bonds. The van der Waals surface area contributed by atoms with Gasteiger partial charge in [-0.25, -0.2) is 0 Å². The van der Waals surface area contributed by atoms with Gasteiger partial charge < -0.3 is 10.4 Å². The Morgan fingerprint density at radius 1 is 1.29 bits per heavy atom. The van der Waals surface area contributed by atoms with Crippen LogP contribution >= 0.6 is 0 Å². The number of aliphatic hydroxyl groups is 1. The molecule has 1 aromatic carbocycles. The van der Waals surface area contributed by atoms with E-state index in [-0.39, 0.29) is 12.0 Å². The summed E-state index contributed by atoms with van der Waals surface area (Å²) < 4.78 is 0. The van der Waals surface area contributed by atoms with E-state index >= 15 is 0 Å². The number of nitrogens with zero attached hydrogens (tertiary/aromatic N) is 1. The average Bonchev–Trinajstić information content (AvgIpc) is 2.56. The van der Waals surface area contributed by atoms with Crippen molar-refractivity contribution in [3.63, 3.8) is 0 Å². The summed E-state index contributed by atoms with van der Waals surface area (Å²) in [7, 11) is 0. The SMILES string of the molecule is CCCC(C)CC(=O)NCc1ccccc1CN1CCC(O)CC1. The van der Waals surface area contributed by atoms with E-state index in [9.17, 15) is 9.90 Å². The number of carbonyl (C=O) groups excluding carboxylic acids is 1. The Balaban J connectivity index is 1.85. The van der Waals surface area contributed by atoms with Gasteiger partial charge in [0.25, 0.3) is 0 Å². The van der Waals surface area contributed by atoms with Crippen LogP contribution in [0.3, 0.4) is 0 Å². The van der Waals surface area contributed by atoms with Crippen LogP contribution in [0.2, 0.25) is 0 Å². The average molecular weight is 332 g/mol. The van der Waals surface area contributed by atoms with E-state index in [4.69, 9.17) is 0 Å². The van der Waals surface area contributed by atoms with Crippen LogP contribution in [-0.2, 0) is 17.9 Å². The fraction of sp³-hybridized carbons (Fsp3) is 0.650. The summed E-state index contributed by atoms with van der Waals surface area (Å²) in [5, 5.41) is 12.7. The number of aliphatic hydroxyl groups excluding tert-OH is 1. The topological polar surface area (TPSA) is 52.6 Å². The third-order valence-electron chi connectivity index (χ3n) is 4.86. The Kier molecular flexibility index (Phi) is 7.73. The smallest absolute Gasteiger partial charge is 0.220 e. The Morgan fingerprint density at radius 3 is 2.62 bits per heavy atom. The monoisotopic (exact) mass is 332 g/mol. The van der Waals surface area contributed by atoms with Gasteiger partial charge in [-0.05, 0) is 29.9 Å². The van der Waals surface area contributed by atoms with Crippen molar-refractivity contribution >= 4 is 5.91 Å². The molecule has 1 aliphatic rings. The Morgan fingerprint density at radius 2 is 1.96 bits per heavy atom. The first kappa shape index (κ1) is 18.9. The molecule has 1 atom stereocenters. The first-order valence-electron chi connectivity index (χ1n) is 9.32. The van der Waals surface area contributed by atoms with E-state index in [1.54, 1.807) is 0 Å². The van der Waals surface area contributed by atoms with E-state index < -0.39 is 0 Å². The Hall–Kier alpha value is -1.39. The highest BCUT2D eigenvalue weighted by Gasteiger charge is 2.18. The molecule has 0 spiro atoms. The Bertz CT molecular complexity index is 510. The van der Waals surface area contributed by atoms with Crippen molar-refractivity contribution < 1.29 is 9.90 Å². The minimum absolute atomic E-state index is 0.138. The lowest BCUT2D eigenvalue weighted by molar-refractivity contribution is -0.122. The molecule has 0 radical (unpaired) electrons. The summed E-state index contributed by atoms with van der Waals surface area (Å²) in [6.45, 7) is 7.67. The zero-order chi connectivity index (χ0) is 17.4. The summed E-state index contributed by atoms with van der Waals surface area (Å²) in [4.78, 5) is 14.5. The number of hydrogen-bond acceptors (Lipinski definition) is 3. The van der Waals surface area contributed by atoms with E-state index in [0.717, 1.165) is 45.3 Å². The molecule has 0 aromatic heterocycles. The molecule has 0 aliphatic carbocycles. The van der Waals surface area contributed by atoms with Crippen molar-refractivity contribution in [2.75, 3.05) is 13.1 Å². The van der Waals surface area contributed by atoms with E-state index in [1.165, 1.54) is 11.1 Å². The number of rotatable bonds is 8. The van der Waals surface area contributed by atoms with E-state index in [1.807, 2.05) is 6.07 Å². The standard InChI is InChI=1S/C20H32N2O2/c1-3-6-16(2)13-20(24)21-14-17-7-4-5-8-18(17)15-22-11-9-19(23)10-12-22/h4-5,7-8,16,19,23H,3,6,9-15H2,1-2H3,(H,21,24). The summed E-state index contributed by atoms with van der Waals surface area (Å²) in [6.07, 6.45) is 4.41. The first-order valence-corrected chi connectivity index (χ1v) is 9.32. The number of hydrogen-bond donors (Lipinski definition) is 2. The van der Waals surface area contributed by atoms with Crippen molar-refractivity contribution in [3.8, 4) is 0 Å². The maximum atomic E-state index is 12.1. The van der Waals surface area contributed by atoms with Gasteiger partial charge in [0.15, 0.2) is 0 Å². The van der Waals surface area contributed by atoms with Crippen molar-refractivity contribution in [1.82, 2.24) is 10.2 Å². The van der Waals surface area contributed by atoms with Gasteiger partial charge in [-0.15, -0.1) is 0 Å². The zero-order valence-electron chi connectivity index (χ0n) is 15.1. The van der Waals surface area contributed by atoms with Gasteiger partial charge in [0.1, 0.15) is 0 Å². The van der Waals surface area contributed by atoms with Crippen LogP contribution in [0.4, 0.5) is 0 Å². The number of piperidine rings is 1. The van der Waals surface area contributed by atoms with E-state index in [0.29, 0.717) is 18.9 Å². The quantitative estimate of drug-likeness (QED) is 0.769. The van der Waals surface area contributed by atoms with Gasteiger partial charge in [-0.3, -0.25) is 9.69 Å². The molecule has 1 aromatic rings. The van der Waals surface area contributed by atoms with Gasteiger partial charge in [-0.2, -0.15) is 0 Å². The third-order valence-corrected chi connectivity index (χ3v) is 4.86. The predicted molar refractivity (Wildman–Crippen MR) is 97.5 cm³/mol. The molecule has 1 saturated heterocycles. The highest BCUT2D eigenvalue weighted by Crippen LogP contribution is 2.17. The number of carbonyl (C=O) groups is 1. The van der Waals surface area contributed by atoms with Crippen LogP contribution < -0.4 is 5.32 Å². The second-order valence-electron chi connectivity index (χ2n) is 7.15. The van der Waals surface area contributed by atoms with Crippen LogP contribution in [0, 0.1) is 5.92 Å². The van der Waals surface area contributed by atoms with Crippen molar-refractivity contribution in [1.29, 1.82) is 0 Å². The molecular weight excluding hydrogens is 300 g/mol. The second-order valence-corrected chi connectivity index (χ2v) is 7.15. The lowest BCUT2D eigenvalue weighted by Gasteiger charge is -2.30. The molecule has 24 heavy (non-hydrogen) atoms. The molecule has 4 nitrogen and oxygen atoms in total. The summed E-state index contributed by atoms with van der Waals surface area (Å²) in [5.74, 6) is 0.594. The largest absolute Gasteiger partial charge is 0.393 e. The number of benzene rings is 1. The summed E-state index contributed by atoms with van der Waals surface area (Å²) in [6, 6.07) is 8.34. The minimum Gasteiger partial charge on any atom is -0.393 e. The summed E-state index contributed by atoms with van der Waals surface area (Å²) in [5.41, 5.74) is 2.47. The molecule has 2 rings (SSSR count). The molecule has 4 heteroatoms. The van der Waals surface area contributed by atoms with Crippen molar-refractivity contribution in [2.24, 2.45) is 5.92 Å². The maximum Gasteiger partial charge on any atom is 0.220 e. The number of amides is 1. The van der Waals surface area contributed by atoms with Gasteiger partial charge in [-0.1, -0.05) is 51.0 Å². The van der Waals surface area contributed by atoms with Crippen molar-refractivity contribution in [3.05, 3.63) is 35.4 Å². The molecule has 1 heterocycles. The van der Waals surface area contributed by atoms with Crippen molar-refractivity contribution in [2.45, 2.75) is 65.1 Å². The molecule has 134 valence electrons. The minimum atomic E-state index is -0.138. The normalized spacial score (nSPS) is 17.6. The van der Waals surface area contributed by atoms with Gasteiger partial charge in [0.05, 0.1) is 6.10 Å². The summed E-state index contributed by atoms with van der Waals surface area (Å²) >= 11 is 0.